The first-order valence-corrected chi connectivity index (χ1v) is 8.36. The van der Waals surface area contributed by atoms with Crippen molar-refractivity contribution in [1.29, 1.82) is 0 Å². The van der Waals surface area contributed by atoms with Crippen molar-refractivity contribution in [2.75, 3.05) is 7.11 Å². The molecule has 3 rings (SSSR count). The molecule has 27 heavy (non-hydrogen) atoms. The van der Waals surface area contributed by atoms with Crippen LogP contribution in [0.15, 0.2) is 53.1 Å². The maximum atomic E-state index is 13.8. The van der Waals surface area contributed by atoms with Crippen molar-refractivity contribution in [1.82, 2.24) is 10.5 Å². The minimum Gasteiger partial charge on any atom is -0.497 e. The number of aryl methyl sites for hydroxylation is 1. The summed E-state index contributed by atoms with van der Waals surface area (Å²) in [6.45, 7) is 0.160. The zero-order valence-electron chi connectivity index (χ0n) is 14.7. The molecule has 1 N–H and O–H groups in total. The molecule has 1 aromatic heterocycles. The number of rotatable bonds is 7. The number of halogens is 2. The second-order valence-electron chi connectivity index (χ2n) is 5.93. The molecule has 0 bridgehead atoms. The SMILES string of the molecule is COc1ccc(CCC(=O)NCc2cc(-c3ccc(F)cc3F)on2)cc1. The quantitative estimate of drug-likeness (QED) is 0.684. The van der Waals surface area contributed by atoms with Crippen molar-refractivity contribution < 1.29 is 22.8 Å². The highest BCUT2D eigenvalue weighted by atomic mass is 19.1. The lowest BCUT2D eigenvalue weighted by Crippen LogP contribution is -2.23. The fourth-order valence-corrected chi connectivity index (χ4v) is 2.54. The molecule has 0 aliphatic heterocycles. The third kappa shape index (κ3) is 4.91. The fraction of sp³-hybridized carbons (Fsp3) is 0.200. The molecule has 0 radical (unpaired) electrons. The van der Waals surface area contributed by atoms with Gasteiger partial charge in [-0.05, 0) is 36.2 Å². The van der Waals surface area contributed by atoms with Crippen molar-refractivity contribution in [3.63, 3.8) is 0 Å². The Kier molecular flexibility index (Phi) is 5.80. The molecule has 0 aliphatic carbocycles. The van der Waals surface area contributed by atoms with Crippen molar-refractivity contribution in [2.45, 2.75) is 19.4 Å². The van der Waals surface area contributed by atoms with E-state index in [-0.39, 0.29) is 23.8 Å². The molecule has 1 heterocycles. The van der Waals surface area contributed by atoms with Crippen LogP contribution in [0, 0.1) is 11.6 Å². The number of nitrogens with one attached hydrogen (secondary N) is 1. The average Bonchev–Trinajstić information content (AvgIpc) is 3.14. The van der Waals surface area contributed by atoms with E-state index >= 15 is 0 Å². The highest BCUT2D eigenvalue weighted by Gasteiger charge is 2.13. The van der Waals surface area contributed by atoms with Crippen LogP contribution in [0.3, 0.4) is 0 Å². The molecule has 7 heteroatoms. The Hall–Kier alpha value is -3.22. The number of benzene rings is 2. The van der Waals surface area contributed by atoms with Crippen molar-refractivity contribution in [2.24, 2.45) is 0 Å². The van der Waals surface area contributed by atoms with E-state index in [1.165, 1.54) is 12.1 Å². The largest absolute Gasteiger partial charge is 0.497 e. The maximum Gasteiger partial charge on any atom is 0.220 e. The predicted molar refractivity (Wildman–Crippen MR) is 95.0 cm³/mol. The van der Waals surface area contributed by atoms with Crippen LogP contribution in [-0.4, -0.2) is 18.2 Å². The Bertz CT molecular complexity index is 923. The molecular formula is C20H18F2N2O3. The molecule has 0 spiro atoms. The summed E-state index contributed by atoms with van der Waals surface area (Å²) in [5.41, 5.74) is 1.59. The lowest BCUT2D eigenvalue weighted by molar-refractivity contribution is -0.121. The first kappa shape index (κ1) is 18.6. The van der Waals surface area contributed by atoms with E-state index in [2.05, 4.69) is 10.5 Å². The van der Waals surface area contributed by atoms with Crippen molar-refractivity contribution >= 4 is 5.91 Å². The van der Waals surface area contributed by atoms with Crippen LogP contribution in [0.5, 0.6) is 5.75 Å². The third-order valence-corrected chi connectivity index (χ3v) is 4.02. The molecule has 0 fully saturated rings. The third-order valence-electron chi connectivity index (χ3n) is 4.02. The Morgan fingerprint density at radius 3 is 2.63 bits per heavy atom. The van der Waals surface area contributed by atoms with Crippen LogP contribution >= 0.6 is 0 Å². The minimum absolute atomic E-state index is 0.112. The lowest BCUT2D eigenvalue weighted by atomic mass is 10.1. The van der Waals surface area contributed by atoms with Gasteiger partial charge in [0.2, 0.25) is 5.91 Å². The van der Waals surface area contributed by atoms with E-state index in [0.29, 0.717) is 18.5 Å². The van der Waals surface area contributed by atoms with E-state index in [4.69, 9.17) is 9.26 Å². The molecule has 0 unspecified atom stereocenters. The summed E-state index contributed by atoms with van der Waals surface area (Å²) < 4.78 is 36.9. The van der Waals surface area contributed by atoms with Gasteiger partial charge >= 0.3 is 0 Å². The van der Waals surface area contributed by atoms with Gasteiger partial charge in [-0.1, -0.05) is 17.3 Å². The second kappa shape index (κ2) is 8.44. The lowest BCUT2D eigenvalue weighted by Gasteiger charge is -2.04. The number of nitrogens with zero attached hydrogens (tertiary/aromatic N) is 1. The van der Waals surface area contributed by atoms with E-state index in [1.54, 1.807) is 7.11 Å². The summed E-state index contributed by atoms with van der Waals surface area (Å²) in [5, 5.41) is 6.54. The van der Waals surface area contributed by atoms with Gasteiger partial charge in [0.05, 0.1) is 19.2 Å². The highest BCUT2D eigenvalue weighted by Crippen LogP contribution is 2.24. The molecule has 0 saturated carbocycles. The zero-order valence-corrected chi connectivity index (χ0v) is 14.7. The van der Waals surface area contributed by atoms with Crippen LogP contribution < -0.4 is 10.1 Å². The summed E-state index contributed by atoms with van der Waals surface area (Å²) in [4.78, 5) is 12.0. The average molecular weight is 372 g/mol. The number of amides is 1. The van der Waals surface area contributed by atoms with Gasteiger partial charge in [-0.15, -0.1) is 0 Å². The Morgan fingerprint density at radius 2 is 1.93 bits per heavy atom. The Morgan fingerprint density at radius 1 is 1.15 bits per heavy atom. The van der Waals surface area contributed by atoms with E-state index in [0.717, 1.165) is 23.4 Å². The number of hydrogen-bond acceptors (Lipinski definition) is 4. The van der Waals surface area contributed by atoms with E-state index in [1.807, 2.05) is 24.3 Å². The summed E-state index contributed by atoms with van der Waals surface area (Å²) in [6, 6.07) is 12.2. The summed E-state index contributed by atoms with van der Waals surface area (Å²) in [6.07, 6.45) is 0.921. The van der Waals surface area contributed by atoms with Crippen LogP contribution in [0.25, 0.3) is 11.3 Å². The van der Waals surface area contributed by atoms with Crippen LogP contribution in [0.2, 0.25) is 0 Å². The second-order valence-corrected chi connectivity index (χ2v) is 5.93. The Labute approximate surface area is 154 Å². The van der Waals surface area contributed by atoms with Crippen LogP contribution in [-0.2, 0) is 17.8 Å². The topological polar surface area (TPSA) is 64.4 Å². The minimum atomic E-state index is -0.735. The normalized spacial score (nSPS) is 10.6. The number of carbonyl (C=O) groups excluding carboxylic acids is 1. The van der Waals surface area contributed by atoms with Gasteiger partial charge in [0.25, 0.3) is 0 Å². The van der Waals surface area contributed by atoms with Crippen molar-refractivity contribution in [3.8, 4) is 17.1 Å². The van der Waals surface area contributed by atoms with Crippen LogP contribution in [0.1, 0.15) is 17.7 Å². The molecular weight excluding hydrogens is 354 g/mol. The maximum absolute atomic E-state index is 13.8. The number of aromatic nitrogens is 1. The number of hydrogen-bond donors (Lipinski definition) is 1. The highest BCUT2D eigenvalue weighted by molar-refractivity contribution is 5.76. The van der Waals surface area contributed by atoms with Gasteiger partial charge < -0.3 is 14.6 Å². The van der Waals surface area contributed by atoms with Crippen LogP contribution in [0.4, 0.5) is 8.78 Å². The van der Waals surface area contributed by atoms with Gasteiger partial charge in [0, 0.05) is 18.6 Å². The molecule has 0 saturated heterocycles. The summed E-state index contributed by atoms with van der Waals surface area (Å²) in [7, 11) is 1.60. The summed E-state index contributed by atoms with van der Waals surface area (Å²) >= 11 is 0. The molecule has 2 aromatic carbocycles. The molecule has 140 valence electrons. The molecule has 0 atom stereocenters. The van der Waals surface area contributed by atoms with E-state index < -0.39 is 11.6 Å². The first-order chi connectivity index (χ1) is 13.0. The monoisotopic (exact) mass is 372 g/mol. The smallest absolute Gasteiger partial charge is 0.220 e. The molecule has 0 aliphatic rings. The van der Waals surface area contributed by atoms with Gasteiger partial charge in [-0.25, -0.2) is 8.78 Å². The van der Waals surface area contributed by atoms with Gasteiger partial charge in [0.15, 0.2) is 5.76 Å². The molecule has 5 nitrogen and oxygen atoms in total. The number of methoxy groups -OCH3 is 1. The molecule has 1 amide bonds. The predicted octanol–water partition coefficient (Wildman–Crippen LogP) is 3.88. The number of carbonyl (C=O) groups is 1. The van der Waals surface area contributed by atoms with Gasteiger partial charge in [-0.2, -0.15) is 0 Å². The first-order valence-electron chi connectivity index (χ1n) is 8.36. The van der Waals surface area contributed by atoms with Gasteiger partial charge in [-0.3, -0.25) is 4.79 Å². The fourth-order valence-electron chi connectivity index (χ4n) is 2.54. The summed E-state index contributed by atoms with van der Waals surface area (Å²) in [5.74, 6) is -0.595. The van der Waals surface area contributed by atoms with E-state index in [9.17, 15) is 13.6 Å². The van der Waals surface area contributed by atoms with Gasteiger partial charge in [0.1, 0.15) is 23.1 Å². The Balaban J connectivity index is 1.51. The van der Waals surface area contributed by atoms with Crippen molar-refractivity contribution in [3.05, 3.63) is 71.4 Å². The number of ether oxygens (including phenoxy) is 1. The zero-order chi connectivity index (χ0) is 19.2. The molecule has 3 aromatic rings. The standard InChI is InChI=1S/C20H18F2N2O3/c1-26-16-6-2-13(3-7-16)4-9-20(25)23-12-15-11-19(27-24-15)17-8-5-14(21)10-18(17)22/h2-3,5-8,10-11H,4,9,12H2,1H3,(H,23,25).